The Kier molecular flexibility index (Phi) is 6.83. The van der Waals surface area contributed by atoms with Crippen molar-refractivity contribution in [3.8, 4) is 5.75 Å². The van der Waals surface area contributed by atoms with Crippen LogP contribution in [-0.2, 0) is 11.3 Å². The number of nitrogens with one attached hydrogen (secondary N) is 1. The normalized spacial score (nSPS) is 17.8. The molecule has 1 amide bonds. The van der Waals surface area contributed by atoms with E-state index in [1.807, 2.05) is 36.4 Å². The van der Waals surface area contributed by atoms with Crippen molar-refractivity contribution in [1.29, 1.82) is 0 Å². The van der Waals surface area contributed by atoms with Crippen LogP contribution >= 0.6 is 23.4 Å². The Hall–Kier alpha value is -1.69. The van der Waals surface area contributed by atoms with Gasteiger partial charge in [0.1, 0.15) is 5.75 Å². The number of rotatable bonds is 6. The first-order valence-corrected chi connectivity index (χ1v) is 10.1. The van der Waals surface area contributed by atoms with E-state index in [2.05, 4.69) is 10.2 Å². The summed E-state index contributed by atoms with van der Waals surface area (Å²) >= 11 is 7.40. The van der Waals surface area contributed by atoms with Crippen molar-refractivity contribution in [2.75, 3.05) is 18.8 Å². The molecule has 0 spiro atoms. The zero-order valence-corrected chi connectivity index (χ0v) is 16.1. The summed E-state index contributed by atoms with van der Waals surface area (Å²) in [5, 5.41) is 13.4. The van der Waals surface area contributed by atoms with E-state index >= 15 is 0 Å². The smallest absolute Gasteiger partial charge is 0.230 e. The minimum Gasteiger partial charge on any atom is -0.508 e. The molecule has 0 saturated carbocycles. The second-order valence-electron chi connectivity index (χ2n) is 6.55. The lowest BCUT2D eigenvalue weighted by Crippen LogP contribution is -2.47. The van der Waals surface area contributed by atoms with Gasteiger partial charge in [0, 0.05) is 29.0 Å². The van der Waals surface area contributed by atoms with Crippen LogP contribution in [-0.4, -0.2) is 40.8 Å². The number of phenols is 1. The lowest BCUT2D eigenvalue weighted by atomic mass is 10.0. The zero-order valence-electron chi connectivity index (χ0n) is 14.5. The Balaban J connectivity index is 1.45. The van der Waals surface area contributed by atoms with E-state index in [0.717, 1.165) is 42.9 Å². The van der Waals surface area contributed by atoms with Crippen molar-refractivity contribution in [3.05, 3.63) is 59.1 Å². The quantitative estimate of drug-likeness (QED) is 0.734. The molecule has 1 unspecified atom stereocenters. The molecule has 1 aliphatic rings. The van der Waals surface area contributed by atoms with Crippen molar-refractivity contribution < 1.29 is 9.90 Å². The van der Waals surface area contributed by atoms with Gasteiger partial charge in [-0.1, -0.05) is 23.7 Å². The Morgan fingerprint density at radius 2 is 2.08 bits per heavy atom. The number of nitrogens with zero attached hydrogens (tertiary/aromatic N) is 1. The summed E-state index contributed by atoms with van der Waals surface area (Å²) in [5.74, 6) is 0.766. The maximum atomic E-state index is 12.3. The minimum absolute atomic E-state index is 0.0640. The first kappa shape index (κ1) is 19.1. The third-order valence-electron chi connectivity index (χ3n) is 4.37. The number of carbonyl (C=O) groups is 1. The Bertz CT molecular complexity index is 739. The van der Waals surface area contributed by atoms with Gasteiger partial charge in [0.2, 0.25) is 5.91 Å². The van der Waals surface area contributed by atoms with Crippen LogP contribution in [0.15, 0.2) is 53.4 Å². The van der Waals surface area contributed by atoms with Gasteiger partial charge in [-0.2, -0.15) is 0 Å². The number of aromatic hydroxyl groups is 1. The number of likely N-dealkylation sites (tertiary alicyclic amines) is 1. The van der Waals surface area contributed by atoms with Crippen LogP contribution in [0.1, 0.15) is 18.4 Å². The molecule has 1 heterocycles. The highest BCUT2D eigenvalue weighted by molar-refractivity contribution is 8.00. The molecule has 6 heteroatoms. The molecule has 2 aromatic carbocycles. The second kappa shape index (κ2) is 9.31. The van der Waals surface area contributed by atoms with E-state index in [4.69, 9.17) is 11.6 Å². The molecule has 1 fully saturated rings. The van der Waals surface area contributed by atoms with Crippen LogP contribution in [0.4, 0.5) is 0 Å². The maximum Gasteiger partial charge on any atom is 0.230 e. The van der Waals surface area contributed by atoms with Gasteiger partial charge in [0.15, 0.2) is 0 Å². The average molecular weight is 391 g/mol. The number of thioether (sulfide) groups is 1. The van der Waals surface area contributed by atoms with E-state index in [-0.39, 0.29) is 11.9 Å². The van der Waals surface area contributed by atoms with Crippen LogP contribution < -0.4 is 5.32 Å². The summed E-state index contributed by atoms with van der Waals surface area (Å²) in [5.41, 5.74) is 1.09. The lowest BCUT2D eigenvalue weighted by molar-refractivity contribution is -0.119. The summed E-state index contributed by atoms with van der Waals surface area (Å²) in [6.45, 7) is 2.65. The van der Waals surface area contributed by atoms with Crippen molar-refractivity contribution >= 4 is 29.3 Å². The molecular formula is C20H23ClN2O2S. The van der Waals surface area contributed by atoms with Crippen molar-refractivity contribution in [3.63, 3.8) is 0 Å². The van der Waals surface area contributed by atoms with Gasteiger partial charge < -0.3 is 10.4 Å². The molecule has 138 valence electrons. The predicted octanol–water partition coefficient (Wildman–Crippen LogP) is 3.92. The van der Waals surface area contributed by atoms with Gasteiger partial charge in [-0.25, -0.2) is 0 Å². The summed E-state index contributed by atoms with van der Waals surface area (Å²) in [4.78, 5) is 15.6. The van der Waals surface area contributed by atoms with Crippen LogP contribution in [0.3, 0.4) is 0 Å². The summed E-state index contributed by atoms with van der Waals surface area (Å²) < 4.78 is 0. The topological polar surface area (TPSA) is 52.6 Å². The minimum atomic E-state index is 0.0640. The van der Waals surface area contributed by atoms with E-state index in [9.17, 15) is 9.90 Å². The molecule has 1 saturated heterocycles. The van der Waals surface area contributed by atoms with E-state index in [1.165, 1.54) is 11.8 Å². The number of piperidine rings is 1. The first-order chi connectivity index (χ1) is 12.6. The van der Waals surface area contributed by atoms with Crippen molar-refractivity contribution in [2.45, 2.75) is 30.3 Å². The largest absolute Gasteiger partial charge is 0.508 e. The van der Waals surface area contributed by atoms with Gasteiger partial charge in [-0.05, 0) is 61.3 Å². The molecular weight excluding hydrogens is 368 g/mol. The number of carbonyl (C=O) groups excluding carboxylic acids is 1. The predicted molar refractivity (Wildman–Crippen MR) is 107 cm³/mol. The Morgan fingerprint density at radius 3 is 2.85 bits per heavy atom. The highest BCUT2D eigenvalue weighted by Gasteiger charge is 2.21. The number of hydrogen-bond donors (Lipinski definition) is 2. The van der Waals surface area contributed by atoms with Crippen LogP contribution in [0.25, 0.3) is 0 Å². The SMILES string of the molecule is O=C(CSc1ccc(Cl)cc1)NC1CCCN(Cc2cccc(O)c2)C1. The molecule has 0 aromatic heterocycles. The van der Waals surface area contributed by atoms with E-state index in [0.29, 0.717) is 16.5 Å². The highest BCUT2D eigenvalue weighted by Crippen LogP contribution is 2.21. The summed E-state index contributed by atoms with van der Waals surface area (Å²) in [7, 11) is 0. The first-order valence-electron chi connectivity index (χ1n) is 8.76. The summed E-state index contributed by atoms with van der Waals surface area (Å²) in [6, 6.07) is 15.1. The van der Waals surface area contributed by atoms with Crippen LogP contribution in [0.2, 0.25) is 5.02 Å². The Morgan fingerprint density at radius 1 is 1.27 bits per heavy atom. The fourth-order valence-electron chi connectivity index (χ4n) is 3.18. The van der Waals surface area contributed by atoms with Gasteiger partial charge >= 0.3 is 0 Å². The average Bonchev–Trinajstić information content (AvgIpc) is 2.62. The third-order valence-corrected chi connectivity index (χ3v) is 5.63. The molecule has 0 bridgehead atoms. The lowest BCUT2D eigenvalue weighted by Gasteiger charge is -2.33. The van der Waals surface area contributed by atoms with Crippen molar-refractivity contribution in [2.24, 2.45) is 0 Å². The fraction of sp³-hybridized carbons (Fsp3) is 0.350. The van der Waals surface area contributed by atoms with Gasteiger partial charge in [0.25, 0.3) is 0 Å². The molecule has 1 aliphatic heterocycles. The molecule has 26 heavy (non-hydrogen) atoms. The standard InChI is InChI=1S/C20H23ClN2O2S/c21-16-6-8-19(9-7-16)26-14-20(25)22-17-4-2-10-23(13-17)12-15-3-1-5-18(24)11-15/h1,3,5-9,11,17,24H,2,4,10,12-14H2,(H,22,25). The molecule has 3 rings (SSSR count). The molecule has 0 radical (unpaired) electrons. The monoisotopic (exact) mass is 390 g/mol. The number of benzene rings is 2. The number of halogens is 1. The van der Waals surface area contributed by atoms with Crippen molar-refractivity contribution in [1.82, 2.24) is 10.2 Å². The molecule has 2 N–H and O–H groups in total. The number of amides is 1. The summed E-state index contributed by atoms with van der Waals surface area (Å²) in [6.07, 6.45) is 2.07. The Labute approximate surface area is 163 Å². The number of phenolic OH excluding ortho intramolecular Hbond substituents is 1. The highest BCUT2D eigenvalue weighted by atomic mass is 35.5. The van der Waals surface area contributed by atoms with Crippen LogP contribution in [0, 0.1) is 0 Å². The fourth-order valence-corrected chi connectivity index (χ4v) is 4.01. The van der Waals surface area contributed by atoms with Gasteiger partial charge in [0.05, 0.1) is 5.75 Å². The molecule has 0 aliphatic carbocycles. The van der Waals surface area contributed by atoms with E-state index in [1.54, 1.807) is 12.1 Å². The molecule has 4 nitrogen and oxygen atoms in total. The second-order valence-corrected chi connectivity index (χ2v) is 8.04. The zero-order chi connectivity index (χ0) is 18.4. The van der Waals surface area contributed by atoms with Gasteiger partial charge in [-0.3, -0.25) is 9.69 Å². The van der Waals surface area contributed by atoms with E-state index < -0.39 is 0 Å². The number of hydrogen-bond acceptors (Lipinski definition) is 4. The maximum absolute atomic E-state index is 12.3. The molecule has 1 atom stereocenters. The van der Waals surface area contributed by atoms with Gasteiger partial charge in [-0.15, -0.1) is 11.8 Å². The van der Waals surface area contributed by atoms with Crippen LogP contribution in [0.5, 0.6) is 5.75 Å². The molecule has 2 aromatic rings. The third kappa shape index (κ3) is 5.94.